The molecule has 5 rings (SSSR count). The van der Waals surface area contributed by atoms with Crippen LogP contribution < -0.4 is 10.6 Å². The molecule has 0 saturated carbocycles. The van der Waals surface area contributed by atoms with Gasteiger partial charge >= 0.3 is 12.1 Å². The van der Waals surface area contributed by atoms with Crippen molar-refractivity contribution in [1.29, 1.82) is 0 Å². The van der Waals surface area contributed by atoms with Gasteiger partial charge in [-0.3, -0.25) is 14.6 Å². The van der Waals surface area contributed by atoms with Crippen LogP contribution in [-0.4, -0.2) is 46.8 Å². The molecule has 1 heterocycles. The number of carbonyl (C=O) groups is 3. The molecule has 0 bridgehead atoms. The van der Waals surface area contributed by atoms with Gasteiger partial charge in [-0.2, -0.15) is 0 Å². The van der Waals surface area contributed by atoms with Gasteiger partial charge in [-0.05, 0) is 46.9 Å². The van der Waals surface area contributed by atoms with Crippen molar-refractivity contribution >= 4 is 23.7 Å². The number of carboxylic acid groups (broad SMARTS) is 1. The second-order valence-corrected chi connectivity index (χ2v) is 10.0. The van der Waals surface area contributed by atoms with Crippen LogP contribution in [0, 0.1) is 0 Å². The number of pyridine rings is 1. The third-order valence-electron chi connectivity index (χ3n) is 7.15. The molecule has 0 spiro atoms. The number of aromatic nitrogens is 1. The topological polar surface area (TPSA) is 127 Å². The largest absolute Gasteiger partial charge is 0.481 e. The second-order valence-electron chi connectivity index (χ2n) is 10.0. The average Bonchev–Trinajstić information content (AvgIpc) is 3.32. The quantitative estimate of drug-likeness (QED) is 0.229. The zero-order chi connectivity index (χ0) is 29.5. The van der Waals surface area contributed by atoms with Crippen molar-refractivity contribution in [3.63, 3.8) is 0 Å². The molecule has 1 aliphatic carbocycles. The highest BCUT2D eigenvalue weighted by molar-refractivity contribution is 5.97. The minimum Gasteiger partial charge on any atom is -0.481 e. The summed E-state index contributed by atoms with van der Waals surface area (Å²) in [7, 11) is 0. The SMILES string of the molecule is C[C@H](OCc1ccccc1)[C@@H](NC(=O)OCC1c2ccccc2-c2ccccc21)C(=O)Nc1ccc(CC(=O)O)nc1. The van der Waals surface area contributed by atoms with Gasteiger partial charge in [0.2, 0.25) is 5.91 Å². The summed E-state index contributed by atoms with van der Waals surface area (Å²) in [5.74, 6) is -1.66. The molecule has 1 aliphatic rings. The Kier molecular flexibility index (Phi) is 8.89. The molecular weight excluding hydrogens is 534 g/mol. The summed E-state index contributed by atoms with van der Waals surface area (Å²) in [4.78, 5) is 41.5. The van der Waals surface area contributed by atoms with Crippen LogP contribution in [0.25, 0.3) is 11.1 Å². The molecular formula is C33H31N3O6. The highest BCUT2D eigenvalue weighted by Gasteiger charge is 2.31. The van der Waals surface area contributed by atoms with Gasteiger partial charge in [-0.1, -0.05) is 78.9 Å². The summed E-state index contributed by atoms with van der Waals surface area (Å²) < 4.78 is 11.7. The monoisotopic (exact) mass is 565 g/mol. The number of fused-ring (bicyclic) bond motifs is 3. The van der Waals surface area contributed by atoms with Gasteiger partial charge in [-0.15, -0.1) is 0 Å². The highest BCUT2D eigenvalue weighted by atomic mass is 16.5. The maximum Gasteiger partial charge on any atom is 0.407 e. The molecule has 9 nitrogen and oxygen atoms in total. The molecule has 2 amide bonds. The number of benzene rings is 3. The number of rotatable bonds is 11. The zero-order valence-electron chi connectivity index (χ0n) is 23.0. The number of carboxylic acids is 1. The van der Waals surface area contributed by atoms with E-state index in [4.69, 9.17) is 14.6 Å². The fraction of sp³-hybridized carbons (Fsp3) is 0.212. The van der Waals surface area contributed by atoms with E-state index in [1.165, 1.54) is 12.3 Å². The Hall–Kier alpha value is -5.02. The molecule has 0 aliphatic heterocycles. The second kappa shape index (κ2) is 13.1. The lowest BCUT2D eigenvalue weighted by molar-refractivity contribution is -0.136. The summed E-state index contributed by atoms with van der Waals surface area (Å²) in [6.45, 7) is 2.04. The lowest BCUT2D eigenvalue weighted by Crippen LogP contribution is -2.51. The summed E-state index contributed by atoms with van der Waals surface area (Å²) >= 11 is 0. The number of nitrogens with one attached hydrogen (secondary N) is 2. The summed E-state index contributed by atoms with van der Waals surface area (Å²) in [5.41, 5.74) is 6.02. The van der Waals surface area contributed by atoms with E-state index in [0.717, 1.165) is 27.8 Å². The number of amides is 2. The number of hydrogen-bond donors (Lipinski definition) is 3. The van der Waals surface area contributed by atoms with Crippen molar-refractivity contribution in [2.45, 2.75) is 38.0 Å². The molecule has 4 aromatic rings. The lowest BCUT2D eigenvalue weighted by atomic mass is 9.98. The van der Waals surface area contributed by atoms with E-state index in [0.29, 0.717) is 11.4 Å². The van der Waals surface area contributed by atoms with E-state index in [1.54, 1.807) is 13.0 Å². The smallest absolute Gasteiger partial charge is 0.407 e. The number of ether oxygens (including phenoxy) is 2. The van der Waals surface area contributed by atoms with E-state index in [2.05, 4.69) is 27.8 Å². The Morgan fingerprint density at radius 2 is 1.52 bits per heavy atom. The zero-order valence-corrected chi connectivity index (χ0v) is 23.0. The average molecular weight is 566 g/mol. The minimum atomic E-state index is -1.09. The van der Waals surface area contributed by atoms with Gasteiger partial charge in [0.15, 0.2) is 0 Å². The van der Waals surface area contributed by atoms with Gasteiger partial charge in [-0.25, -0.2) is 4.79 Å². The van der Waals surface area contributed by atoms with Crippen molar-refractivity contribution in [3.8, 4) is 11.1 Å². The van der Waals surface area contributed by atoms with Crippen LogP contribution in [0.4, 0.5) is 10.5 Å². The summed E-state index contributed by atoms with van der Waals surface area (Å²) in [5, 5.41) is 14.4. The Morgan fingerprint density at radius 3 is 2.14 bits per heavy atom. The van der Waals surface area contributed by atoms with Crippen molar-refractivity contribution in [2.24, 2.45) is 0 Å². The van der Waals surface area contributed by atoms with E-state index in [-0.39, 0.29) is 25.6 Å². The maximum atomic E-state index is 13.4. The Bertz CT molecular complexity index is 1510. The van der Waals surface area contributed by atoms with Crippen molar-refractivity contribution < 1.29 is 29.0 Å². The normalized spacial score (nSPS) is 13.4. The molecule has 3 aromatic carbocycles. The minimum absolute atomic E-state index is 0.0996. The van der Waals surface area contributed by atoms with Crippen molar-refractivity contribution in [2.75, 3.05) is 11.9 Å². The predicted molar refractivity (Wildman–Crippen MR) is 157 cm³/mol. The van der Waals surface area contributed by atoms with Crippen LogP contribution >= 0.6 is 0 Å². The van der Waals surface area contributed by atoms with Gasteiger partial charge in [0.1, 0.15) is 12.6 Å². The number of carbonyl (C=O) groups excluding carboxylic acids is 2. The number of hydrogen-bond acceptors (Lipinski definition) is 6. The molecule has 0 fully saturated rings. The summed E-state index contributed by atoms with van der Waals surface area (Å²) in [6.07, 6.45) is -0.326. The Morgan fingerprint density at radius 1 is 0.881 bits per heavy atom. The van der Waals surface area contributed by atoms with Crippen LogP contribution in [0.15, 0.2) is 97.2 Å². The molecule has 2 atom stereocenters. The van der Waals surface area contributed by atoms with Crippen molar-refractivity contribution in [1.82, 2.24) is 10.3 Å². The molecule has 0 saturated heterocycles. The fourth-order valence-electron chi connectivity index (χ4n) is 5.04. The van der Waals surface area contributed by atoms with Gasteiger partial charge in [0, 0.05) is 5.92 Å². The van der Waals surface area contributed by atoms with Crippen molar-refractivity contribution in [3.05, 3.63) is 120 Å². The predicted octanol–water partition coefficient (Wildman–Crippen LogP) is 5.16. The third-order valence-corrected chi connectivity index (χ3v) is 7.15. The van der Waals surface area contributed by atoms with Crippen LogP contribution in [0.2, 0.25) is 0 Å². The van der Waals surface area contributed by atoms with Gasteiger partial charge in [0.25, 0.3) is 0 Å². The Balaban J connectivity index is 1.27. The summed E-state index contributed by atoms with van der Waals surface area (Å²) in [6, 6.07) is 27.6. The van der Waals surface area contributed by atoms with Gasteiger partial charge < -0.3 is 25.2 Å². The van der Waals surface area contributed by atoms with E-state index < -0.39 is 30.1 Å². The van der Waals surface area contributed by atoms with Crippen LogP contribution in [0.1, 0.15) is 35.2 Å². The number of anilines is 1. The number of alkyl carbamates (subject to hydrolysis) is 1. The number of nitrogens with zero attached hydrogens (tertiary/aromatic N) is 1. The van der Waals surface area contributed by atoms with E-state index in [1.807, 2.05) is 66.7 Å². The highest BCUT2D eigenvalue weighted by Crippen LogP contribution is 2.44. The third kappa shape index (κ3) is 6.82. The first-order chi connectivity index (χ1) is 20.4. The van der Waals surface area contributed by atoms with Crippen LogP contribution in [-0.2, 0) is 32.1 Å². The van der Waals surface area contributed by atoms with E-state index in [9.17, 15) is 14.4 Å². The van der Waals surface area contributed by atoms with Gasteiger partial charge in [0.05, 0.1) is 36.7 Å². The lowest BCUT2D eigenvalue weighted by Gasteiger charge is -2.25. The molecule has 0 unspecified atom stereocenters. The molecule has 1 aromatic heterocycles. The maximum absolute atomic E-state index is 13.4. The van der Waals surface area contributed by atoms with E-state index >= 15 is 0 Å². The standard InChI is InChI=1S/C33H31N3O6/c1-21(41-19-22-9-3-2-4-10-22)31(32(39)35-24-16-15-23(34-18-24)17-30(37)38)36-33(40)42-20-29-27-13-7-5-11-25(27)26-12-6-8-14-28(26)29/h2-16,18,21,29,31H,17,19-20H2,1H3,(H,35,39)(H,36,40)(H,37,38)/t21-,31+/m0/s1. The molecule has 42 heavy (non-hydrogen) atoms. The molecule has 0 radical (unpaired) electrons. The number of aliphatic carboxylic acids is 1. The molecule has 9 heteroatoms. The fourth-order valence-corrected chi connectivity index (χ4v) is 5.04. The van der Waals surface area contributed by atoms with Crippen LogP contribution in [0.3, 0.4) is 0 Å². The first-order valence-electron chi connectivity index (χ1n) is 13.6. The Labute approximate surface area is 243 Å². The van der Waals surface area contributed by atoms with Crippen LogP contribution in [0.5, 0.6) is 0 Å². The molecule has 214 valence electrons. The first-order valence-corrected chi connectivity index (χ1v) is 13.6. The first kappa shape index (κ1) is 28.5. The molecule has 3 N–H and O–H groups in total.